The summed E-state index contributed by atoms with van der Waals surface area (Å²) in [6.07, 6.45) is -0.0331. The Morgan fingerprint density at radius 1 is 1.50 bits per heavy atom. The Hall–Kier alpha value is -1.92. The highest BCUT2D eigenvalue weighted by Crippen LogP contribution is 2.20. The molecule has 1 heterocycles. The number of nitrogen functional groups attached to an aromatic ring is 1. The van der Waals surface area contributed by atoms with Crippen LogP contribution in [0.4, 0.5) is 5.69 Å². The van der Waals surface area contributed by atoms with Gasteiger partial charge in [0.15, 0.2) is 0 Å². The van der Waals surface area contributed by atoms with Gasteiger partial charge in [-0.3, -0.25) is 4.79 Å². The molecule has 106 valence electrons. The molecule has 0 fully saturated rings. The van der Waals surface area contributed by atoms with E-state index in [4.69, 9.17) is 10.5 Å². The van der Waals surface area contributed by atoms with Gasteiger partial charge in [0.1, 0.15) is 11.1 Å². The summed E-state index contributed by atoms with van der Waals surface area (Å²) < 4.78 is 5.20. The number of nitrogens with two attached hydrogens (primary N) is 1. The van der Waals surface area contributed by atoms with Gasteiger partial charge in [-0.1, -0.05) is 12.1 Å². The molecule has 0 radical (unpaired) electrons. The number of nitrogens with one attached hydrogen (secondary N) is 1. The van der Waals surface area contributed by atoms with Crippen LogP contribution in [0.3, 0.4) is 0 Å². The number of anilines is 1. The molecule has 3 N–H and O–H groups in total. The molecule has 2 aromatic rings. The molecule has 0 saturated carbocycles. The molecule has 20 heavy (non-hydrogen) atoms. The average molecular weight is 291 g/mol. The van der Waals surface area contributed by atoms with Crippen LogP contribution < -0.4 is 11.1 Å². The maximum atomic E-state index is 12.0. The summed E-state index contributed by atoms with van der Waals surface area (Å²) in [5, 5.41) is 5.63. The number of aromatic nitrogens is 1. The fraction of sp³-hybridized carbons (Fsp3) is 0.286. The van der Waals surface area contributed by atoms with Crippen molar-refractivity contribution in [1.29, 1.82) is 0 Å². The standard InChI is InChI=1S/C14H17N3O2S/c1-9(19-2)14-17-10(8-20-14)7-16-13(18)11-5-3-4-6-12(11)15/h3-6,8-9H,7,15H2,1-2H3,(H,16,18). The molecule has 0 aliphatic heterocycles. The fourth-order valence-corrected chi connectivity index (χ4v) is 2.51. The van der Waals surface area contributed by atoms with Crippen LogP contribution in [0.2, 0.25) is 0 Å². The fourth-order valence-electron chi connectivity index (χ4n) is 1.66. The first kappa shape index (κ1) is 14.5. The van der Waals surface area contributed by atoms with Crippen LogP contribution in [-0.4, -0.2) is 18.0 Å². The van der Waals surface area contributed by atoms with Crippen molar-refractivity contribution in [2.45, 2.75) is 19.6 Å². The predicted molar refractivity (Wildman–Crippen MR) is 79.6 cm³/mol. The summed E-state index contributed by atoms with van der Waals surface area (Å²) >= 11 is 1.52. The smallest absolute Gasteiger partial charge is 0.253 e. The van der Waals surface area contributed by atoms with Crippen LogP contribution in [0, 0.1) is 0 Å². The number of carbonyl (C=O) groups is 1. The van der Waals surface area contributed by atoms with Crippen LogP contribution in [0.25, 0.3) is 0 Å². The van der Waals surface area contributed by atoms with E-state index < -0.39 is 0 Å². The van der Waals surface area contributed by atoms with Gasteiger partial charge in [0.25, 0.3) is 5.91 Å². The van der Waals surface area contributed by atoms with Crippen molar-refractivity contribution in [3.8, 4) is 0 Å². The first-order chi connectivity index (χ1) is 9.61. The number of rotatable bonds is 5. The summed E-state index contributed by atoms with van der Waals surface area (Å²) in [5.74, 6) is -0.197. The molecule has 0 bridgehead atoms. The molecule has 0 spiro atoms. The number of carbonyl (C=O) groups excluding carboxylic acids is 1. The van der Waals surface area contributed by atoms with Crippen LogP contribution in [-0.2, 0) is 11.3 Å². The van der Waals surface area contributed by atoms with Crippen LogP contribution in [0.1, 0.15) is 34.1 Å². The monoisotopic (exact) mass is 291 g/mol. The molecule has 0 aliphatic carbocycles. The highest BCUT2D eigenvalue weighted by Gasteiger charge is 2.11. The van der Waals surface area contributed by atoms with Crippen LogP contribution in [0.5, 0.6) is 0 Å². The number of hydrogen-bond donors (Lipinski definition) is 2. The Morgan fingerprint density at radius 2 is 2.25 bits per heavy atom. The number of nitrogens with zero attached hydrogens (tertiary/aromatic N) is 1. The lowest BCUT2D eigenvalue weighted by Gasteiger charge is -2.06. The molecular weight excluding hydrogens is 274 g/mol. The number of para-hydroxylation sites is 1. The number of hydrogen-bond acceptors (Lipinski definition) is 5. The number of amides is 1. The van der Waals surface area contributed by atoms with E-state index in [1.165, 1.54) is 11.3 Å². The normalized spacial score (nSPS) is 12.1. The Morgan fingerprint density at radius 3 is 2.95 bits per heavy atom. The Kier molecular flexibility index (Phi) is 4.70. The summed E-state index contributed by atoms with van der Waals surface area (Å²) in [7, 11) is 1.64. The van der Waals surface area contributed by atoms with Gasteiger partial charge in [0.2, 0.25) is 0 Å². The zero-order valence-electron chi connectivity index (χ0n) is 11.4. The Bertz CT molecular complexity index is 598. The molecule has 6 heteroatoms. The van der Waals surface area contributed by atoms with Crippen LogP contribution in [0.15, 0.2) is 29.6 Å². The number of methoxy groups -OCH3 is 1. The quantitative estimate of drug-likeness (QED) is 0.829. The van der Waals surface area contributed by atoms with E-state index in [9.17, 15) is 4.79 Å². The highest BCUT2D eigenvalue weighted by atomic mass is 32.1. The van der Waals surface area contributed by atoms with Crippen LogP contribution >= 0.6 is 11.3 Å². The van der Waals surface area contributed by atoms with E-state index in [2.05, 4.69) is 10.3 Å². The van der Waals surface area contributed by atoms with Gasteiger partial charge in [-0.05, 0) is 19.1 Å². The lowest BCUT2D eigenvalue weighted by Crippen LogP contribution is -2.23. The number of benzene rings is 1. The maximum Gasteiger partial charge on any atom is 0.253 e. The Balaban J connectivity index is 1.97. The van der Waals surface area contributed by atoms with Crippen molar-refractivity contribution >= 4 is 22.9 Å². The second-order valence-corrected chi connectivity index (χ2v) is 5.21. The summed E-state index contributed by atoms with van der Waals surface area (Å²) in [4.78, 5) is 16.4. The van der Waals surface area contributed by atoms with Crippen molar-refractivity contribution < 1.29 is 9.53 Å². The molecular formula is C14H17N3O2S. The van der Waals surface area contributed by atoms with Crippen molar-refractivity contribution in [1.82, 2.24) is 10.3 Å². The minimum absolute atomic E-state index is 0.0331. The molecule has 1 atom stereocenters. The molecule has 1 unspecified atom stereocenters. The molecule has 1 aromatic carbocycles. The zero-order chi connectivity index (χ0) is 14.5. The lowest BCUT2D eigenvalue weighted by atomic mass is 10.1. The van der Waals surface area contributed by atoms with E-state index >= 15 is 0 Å². The van der Waals surface area contributed by atoms with Gasteiger partial charge in [-0.2, -0.15) is 0 Å². The summed E-state index contributed by atoms with van der Waals surface area (Å²) in [6, 6.07) is 6.98. The van der Waals surface area contributed by atoms with E-state index in [1.54, 1.807) is 31.4 Å². The summed E-state index contributed by atoms with van der Waals surface area (Å²) in [6.45, 7) is 2.31. The third kappa shape index (κ3) is 3.34. The minimum atomic E-state index is -0.197. The average Bonchev–Trinajstić information content (AvgIpc) is 2.93. The van der Waals surface area contributed by atoms with Gasteiger partial charge in [0, 0.05) is 18.2 Å². The first-order valence-corrected chi connectivity index (χ1v) is 7.09. The third-order valence-corrected chi connectivity index (χ3v) is 3.96. The number of thiazole rings is 1. The van der Waals surface area contributed by atoms with Gasteiger partial charge in [-0.25, -0.2) is 4.98 Å². The highest BCUT2D eigenvalue weighted by molar-refractivity contribution is 7.09. The largest absolute Gasteiger partial charge is 0.398 e. The van der Waals surface area contributed by atoms with Crippen molar-refractivity contribution in [3.05, 3.63) is 45.9 Å². The second kappa shape index (κ2) is 6.49. The Labute approximate surface area is 121 Å². The van der Waals surface area contributed by atoms with Gasteiger partial charge < -0.3 is 15.8 Å². The van der Waals surface area contributed by atoms with Gasteiger partial charge >= 0.3 is 0 Å². The van der Waals surface area contributed by atoms with E-state index in [0.29, 0.717) is 17.8 Å². The maximum absolute atomic E-state index is 12.0. The third-order valence-electron chi connectivity index (χ3n) is 2.91. The second-order valence-electron chi connectivity index (χ2n) is 4.32. The first-order valence-electron chi connectivity index (χ1n) is 6.21. The molecule has 1 aromatic heterocycles. The molecule has 2 rings (SSSR count). The van der Waals surface area contributed by atoms with E-state index in [0.717, 1.165) is 10.7 Å². The molecule has 0 aliphatic rings. The lowest BCUT2D eigenvalue weighted by molar-refractivity contribution is 0.0951. The van der Waals surface area contributed by atoms with Crippen molar-refractivity contribution in [2.75, 3.05) is 12.8 Å². The van der Waals surface area contributed by atoms with Crippen molar-refractivity contribution in [2.24, 2.45) is 0 Å². The number of ether oxygens (including phenoxy) is 1. The van der Waals surface area contributed by atoms with Gasteiger partial charge in [0.05, 0.1) is 17.8 Å². The predicted octanol–water partition coefficient (Wildman–Crippen LogP) is 2.36. The zero-order valence-corrected chi connectivity index (χ0v) is 12.2. The molecule has 0 saturated heterocycles. The van der Waals surface area contributed by atoms with Gasteiger partial charge in [-0.15, -0.1) is 11.3 Å². The van der Waals surface area contributed by atoms with E-state index in [-0.39, 0.29) is 12.0 Å². The minimum Gasteiger partial charge on any atom is -0.398 e. The molecule has 5 nitrogen and oxygen atoms in total. The summed E-state index contributed by atoms with van der Waals surface area (Å²) in [5.41, 5.74) is 7.53. The van der Waals surface area contributed by atoms with E-state index in [1.807, 2.05) is 12.3 Å². The molecule has 1 amide bonds. The topological polar surface area (TPSA) is 77.2 Å². The SMILES string of the molecule is COC(C)c1nc(CNC(=O)c2ccccc2N)cs1. The van der Waals surface area contributed by atoms with Crippen molar-refractivity contribution in [3.63, 3.8) is 0 Å².